The van der Waals surface area contributed by atoms with Gasteiger partial charge in [0, 0.05) is 44.6 Å². The summed E-state index contributed by atoms with van der Waals surface area (Å²) >= 11 is 1.49. The first kappa shape index (κ1) is 15.8. The molecule has 0 bridgehead atoms. The molecule has 3 aromatic heterocycles. The van der Waals surface area contributed by atoms with Gasteiger partial charge in [0.25, 0.3) is 5.91 Å². The predicted molar refractivity (Wildman–Crippen MR) is 96.3 cm³/mol. The van der Waals surface area contributed by atoms with E-state index in [0.29, 0.717) is 13.1 Å². The molecule has 25 heavy (non-hydrogen) atoms. The van der Waals surface area contributed by atoms with Crippen LogP contribution < -0.4 is 4.90 Å². The Morgan fingerprint density at radius 3 is 2.60 bits per heavy atom. The molecule has 1 saturated heterocycles. The summed E-state index contributed by atoms with van der Waals surface area (Å²) in [6.45, 7) is 4.85. The Hall–Kier alpha value is -2.74. The molecule has 0 spiro atoms. The Morgan fingerprint density at radius 2 is 1.92 bits per heavy atom. The van der Waals surface area contributed by atoms with Crippen molar-refractivity contribution in [1.29, 1.82) is 0 Å². The van der Waals surface area contributed by atoms with Crippen molar-refractivity contribution in [2.24, 2.45) is 0 Å². The zero-order valence-corrected chi connectivity index (χ0v) is 14.7. The quantitative estimate of drug-likeness (QED) is 0.720. The summed E-state index contributed by atoms with van der Waals surface area (Å²) in [5.41, 5.74) is 0. The molecule has 128 valence electrons. The highest BCUT2D eigenvalue weighted by Crippen LogP contribution is 2.19. The first-order valence-electron chi connectivity index (χ1n) is 8.12. The molecular weight excluding hydrogens is 336 g/mol. The van der Waals surface area contributed by atoms with E-state index in [4.69, 9.17) is 0 Å². The zero-order valence-electron chi connectivity index (χ0n) is 13.9. The van der Waals surface area contributed by atoms with Gasteiger partial charge in [-0.2, -0.15) is 0 Å². The lowest BCUT2D eigenvalue weighted by atomic mass is 10.3. The Kier molecular flexibility index (Phi) is 4.19. The molecule has 0 saturated carbocycles. The number of hydrogen-bond donors (Lipinski definition) is 0. The Labute approximate surface area is 149 Å². The Morgan fingerprint density at radius 1 is 1.12 bits per heavy atom. The zero-order chi connectivity index (χ0) is 17.2. The van der Waals surface area contributed by atoms with Crippen LogP contribution in [0.1, 0.15) is 15.5 Å². The molecule has 1 aliphatic heterocycles. The minimum atomic E-state index is 0.118. The lowest BCUT2D eigenvalue weighted by Gasteiger charge is -2.35. The molecule has 0 aliphatic carbocycles. The number of anilines is 1. The van der Waals surface area contributed by atoms with Crippen molar-refractivity contribution in [1.82, 2.24) is 24.4 Å². The standard InChI is InChI=1S/C17H18N6OS/c1-13-18-4-5-23(13)16-11-15(19-12-20-16)21-6-8-22(9-7-21)17(24)14-3-2-10-25-14/h2-5,10-12H,6-9H2,1H3. The van der Waals surface area contributed by atoms with E-state index in [1.54, 1.807) is 12.5 Å². The number of aromatic nitrogens is 4. The number of hydrogen-bond acceptors (Lipinski definition) is 6. The summed E-state index contributed by atoms with van der Waals surface area (Å²) in [5, 5.41) is 1.93. The van der Waals surface area contributed by atoms with E-state index in [1.807, 2.05) is 46.2 Å². The van der Waals surface area contributed by atoms with Crippen LogP contribution in [0, 0.1) is 6.92 Å². The van der Waals surface area contributed by atoms with Gasteiger partial charge in [-0.05, 0) is 18.4 Å². The minimum absolute atomic E-state index is 0.118. The predicted octanol–water partition coefficient (Wildman–Crippen LogP) is 1.99. The highest BCUT2D eigenvalue weighted by Gasteiger charge is 2.23. The van der Waals surface area contributed by atoms with Crippen molar-refractivity contribution in [2.45, 2.75) is 6.92 Å². The van der Waals surface area contributed by atoms with Gasteiger partial charge < -0.3 is 9.80 Å². The van der Waals surface area contributed by atoms with Crippen LogP contribution >= 0.6 is 11.3 Å². The van der Waals surface area contributed by atoms with Gasteiger partial charge in [-0.25, -0.2) is 15.0 Å². The highest BCUT2D eigenvalue weighted by atomic mass is 32.1. The number of rotatable bonds is 3. The van der Waals surface area contributed by atoms with Crippen molar-refractivity contribution < 1.29 is 4.79 Å². The average molecular weight is 354 g/mol. The number of piperazine rings is 1. The third-order valence-corrected chi connectivity index (χ3v) is 5.19. The summed E-state index contributed by atoms with van der Waals surface area (Å²) < 4.78 is 1.93. The van der Waals surface area contributed by atoms with Crippen LogP contribution in [-0.2, 0) is 0 Å². The summed E-state index contributed by atoms with van der Waals surface area (Å²) in [4.78, 5) is 30.3. The van der Waals surface area contributed by atoms with Gasteiger partial charge in [-0.15, -0.1) is 11.3 Å². The van der Waals surface area contributed by atoms with Crippen LogP contribution in [0.25, 0.3) is 5.82 Å². The summed E-state index contributed by atoms with van der Waals surface area (Å²) in [5.74, 6) is 2.68. The van der Waals surface area contributed by atoms with E-state index < -0.39 is 0 Å². The second-order valence-electron chi connectivity index (χ2n) is 5.84. The summed E-state index contributed by atoms with van der Waals surface area (Å²) in [7, 11) is 0. The third-order valence-electron chi connectivity index (χ3n) is 4.33. The maximum absolute atomic E-state index is 12.4. The van der Waals surface area contributed by atoms with Crippen molar-refractivity contribution in [3.8, 4) is 5.82 Å². The molecule has 8 heteroatoms. The van der Waals surface area contributed by atoms with Crippen molar-refractivity contribution in [3.05, 3.63) is 53.0 Å². The van der Waals surface area contributed by atoms with Gasteiger partial charge in [-0.3, -0.25) is 9.36 Å². The summed E-state index contributed by atoms with van der Waals surface area (Å²) in [6, 6.07) is 5.75. The van der Waals surface area contributed by atoms with Crippen molar-refractivity contribution in [2.75, 3.05) is 31.1 Å². The van der Waals surface area contributed by atoms with Crippen LogP contribution in [0.15, 0.2) is 42.3 Å². The first-order valence-corrected chi connectivity index (χ1v) is 9.00. The number of nitrogens with zero attached hydrogens (tertiary/aromatic N) is 6. The van der Waals surface area contributed by atoms with E-state index >= 15 is 0 Å². The van der Waals surface area contributed by atoms with E-state index in [2.05, 4.69) is 19.9 Å². The van der Waals surface area contributed by atoms with Crippen LogP contribution in [0.3, 0.4) is 0 Å². The minimum Gasteiger partial charge on any atom is -0.353 e. The molecule has 0 atom stereocenters. The number of imidazole rings is 1. The molecule has 1 amide bonds. The molecule has 7 nitrogen and oxygen atoms in total. The maximum Gasteiger partial charge on any atom is 0.264 e. The topological polar surface area (TPSA) is 67.2 Å². The Bertz CT molecular complexity index is 867. The second-order valence-corrected chi connectivity index (χ2v) is 6.78. The monoisotopic (exact) mass is 354 g/mol. The fourth-order valence-electron chi connectivity index (χ4n) is 2.96. The van der Waals surface area contributed by atoms with Gasteiger partial charge in [-0.1, -0.05) is 6.07 Å². The fraction of sp³-hybridized carbons (Fsp3) is 0.294. The van der Waals surface area contributed by atoms with Crippen molar-refractivity contribution in [3.63, 3.8) is 0 Å². The molecule has 4 rings (SSSR count). The molecule has 1 aliphatic rings. The van der Waals surface area contributed by atoms with E-state index in [9.17, 15) is 4.79 Å². The van der Waals surface area contributed by atoms with Gasteiger partial charge in [0.15, 0.2) is 0 Å². The van der Waals surface area contributed by atoms with Gasteiger partial charge >= 0.3 is 0 Å². The lowest BCUT2D eigenvalue weighted by Crippen LogP contribution is -2.48. The SMILES string of the molecule is Cc1nccn1-c1cc(N2CCN(C(=O)c3cccs3)CC2)ncn1. The number of aryl methyl sites for hydroxylation is 1. The fourth-order valence-corrected chi connectivity index (χ4v) is 3.65. The second kappa shape index (κ2) is 6.64. The molecule has 0 aromatic carbocycles. The van der Waals surface area contributed by atoms with Gasteiger partial charge in [0.1, 0.15) is 23.8 Å². The van der Waals surface area contributed by atoms with Crippen LogP contribution in [0.4, 0.5) is 5.82 Å². The molecule has 1 fully saturated rings. The molecule has 0 unspecified atom stereocenters. The molecular formula is C17H18N6OS. The molecule has 4 heterocycles. The number of carbonyl (C=O) groups is 1. The Balaban J connectivity index is 1.46. The normalized spacial score (nSPS) is 14.8. The van der Waals surface area contributed by atoms with Gasteiger partial charge in [0.05, 0.1) is 4.88 Å². The third kappa shape index (κ3) is 3.12. The number of amides is 1. The van der Waals surface area contributed by atoms with Crippen LogP contribution in [0.2, 0.25) is 0 Å². The van der Waals surface area contributed by atoms with E-state index in [0.717, 1.165) is 35.4 Å². The maximum atomic E-state index is 12.4. The molecule has 3 aromatic rings. The number of thiophene rings is 1. The molecule has 0 radical (unpaired) electrons. The van der Waals surface area contributed by atoms with Crippen molar-refractivity contribution >= 4 is 23.1 Å². The van der Waals surface area contributed by atoms with E-state index in [1.165, 1.54) is 11.3 Å². The smallest absolute Gasteiger partial charge is 0.264 e. The largest absolute Gasteiger partial charge is 0.353 e. The van der Waals surface area contributed by atoms with E-state index in [-0.39, 0.29) is 5.91 Å². The number of carbonyl (C=O) groups excluding carboxylic acids is 1. The first-order chi connectivity index (χ1) is 12.2. The lowest BCUT2D eigenvalue weighted by molar-refractivity contribution is 0.0751. The molecule has 0 N–H and O–H groups in total. The van der Waals surface area contributed by atoms with Crippen LogP contribution in [-0.4, -0.2) is 56.5 Å². The average Bonchev–Trinajstić information content (AvgIpc) is 3.33. The summed E-state index contributed by atoms with van der Waals surface area (Å²) in [6.07, 6.45) is 5.22. The van der Waals surface area contributed by atoms with Crippen LogP contribution in [0.5, 0.6) is 0 Å². The van der Waals surface area contributed by atoms with Gasteiger partial charge in [0.2, 0.25) is 0 Å². The highest BCUT2D eigenvalue weighted by molar-refractivity contribution is 7.12.